The summed E-state index contributed by atoms with van der Waals surface area (Å²) >= 11 is 1.52. The summed E-state index contributed by atoms with van der Waals surface area (Å²) < 4.78 is 2.26. The molecular weight excluding hydrogens is 356 g/mol. The molecule has 1 atom stereocenters. The lowest BCUT2D eigenvalue weighted by Crippen LogP contribution is -2.31. The molecule has 2 aliphatic carbocycles. The van der Waals surface area contributed by atoms with E-state index in [2.05, 4.69) is 32.2 Å². The molecule has 6 heteroatoms. The molecule has 0 radical (unpaired) electrons. The number of rotatable bonds is 7. The highest BCUT2D eigenvalue weighted by Crippen LogP contribution is 2.41. The second-order valence-electron chi connectivity index (χ2n) is 7.77. The molecule has 2 fully saturated rings. The minimum atomic E-state index is 0.0802. The molecule has 1 aromatic heterocycles. The summed E-state index contributed by atoms with van der Waals surface area (Å²) in [6.45, 7) is 2.02. The van der Waals surface area contributed by atoms with E-state index < -0.39 is 0 Å². The molecule has 1 N–H and O–H groups in total. The maximum atomic E-state index is 12.6. The number of aryl methyl sites for hydroxylation is 1. The SMILES string of the molecule is Cc1nnc(SCC(=O)NC(c2ccccc2)C2CC2)n1C1CCCCC1. The van der Waals surface area contributed by atoms with E-state index in [-0.39, 0.29) is 11.9 Å². The minimum absolute atomic E-state index is 0.0802. The van der Waals surface area contributed by atoms with Crippen molar-refractivity contribution in [3.63, 3.8) is 0 Å². The van der Waals surface area contributed by atoms with Gasteiger partial charge in [0.2, 0.25) is 5.91 Å². The Morgan fingerprint density at radius 3 is 2.59 bits per heavy atom. The van der Waals surface area contributed by atoms with Crippen LogP contribution in [0.25, 0.3) is 0 Å². The van der Waals surface area contributed by atoms with Gasteiger partial charge in [-0.3, -0.25) is 4.79 Å². The fraction of sp³-hybridized carbons (Fsp3) is 0.571. The Labute approximate surface area is 165 Å². The first kappa shape index (κ1) is 18.5. The van der Waals surface area contributed by atoms with Crippen molar-refractivity contribution in [2.75, 3.05) is 5.75 Å². The molecule has 1 aromatic carbocycles. The van der Waals surface area contributed by atoms with Crippen LogP contribution >= 0.6 is 11.8 Å². The van der Waals surface area contributed by atoms with Crippen LogP contribution in [0.3, 0.4) is 0 Å². The Morgan fingerprint density at radius 1 is 1.15 bits per heavy atom. The summed E-state index contributed by atoms with van der Waals surface area (Å²) in [7, 11) is 0. The van der Waals surface area contributed by atoms with Gasteiger partial charge in [-0.2, -0.15) is 0 Å². The number of nitrogens with one attached hydrogen (secondary N) is 1. The van der Waals surface area contributed by atoms with Crippen LogP contribution in [0.1, 0.15) is 68.4 Å². The number of nitrogens with zero attached hydrogens (tertiary/aromatic N) is 3. The molecule has 1 heterocycles. The van der Waals surface area contributed by atoms with Gasteiger partial charge in [-0.05, 0) is 44.1 Å². The zero-order valence-electron chi connectivity index (χ0n) is 15.9. The number of thioether (sulfide) groups is 1. The van der Waals surface area contributed by atoms with Gasteiger partial charge in [-0.1, -0.05) is 61.4 Å². The van der Waals surface area contributed by atoms with Crippen LogP contribution in [0, 0.1) is 12.8 Å². The summed E-state index contributed by atoms with van der Waals surface area (Å²) in [6, 6.07) is 11.0. The van der Waals surface area contributed by atoms with E-state index in [0.29, 0.717) is 17.7 Å². The molecule has 1 unspecified atom stereocenters. The summed E-state index contributed by atoms with van der Waals surface area (Å²) in [6.07, 6.45) is 8.64. The molecule has 5 nitrogen and oxygen atoms in total. The van der Waals surface area contributed by atoms with E-state index in [1.165, 1.54) is 62.3 Å². The van der Waals surface area contributed by atoms with Gasteiger partial charge >= 0.3 is 0 Å². The highest BCUT2D eigenvalue weighted by molar-refractivity contribution is 7.99. The molecule has 2 saturated carbocycles. The molecule has 4 rings (SSSR count). The number of hydrogen-bond donors (Lipinski definition) is 1. The van der Waals surface area contributed by atoms with Gasteiger partial charge in [0.15, 0.2) is 5.16 Å². The van der Waals surface area contributed by atoms with Gasteiger partial charge in [0.1, 0.15) is 5.82 Å². The topological polar surface area (TPSA) is 59.8 Å². The number of carbonyl (C=O) groups excluding carboxylic acids is 1. The Hall–Kier alpha value is -1.82. The highest BCUT2D eigenvalue weighted by Gasteiger charge is 2.33. The fourth-order valence-corrected chi connectivity index (χ4v) is 4.98. The molecule has 0 spiro atoms. The molecule has 1 amide bonds. The van der Waals surface area contributed by atoms with Crippen LogP contribution in [0.2, 0.25) is 0 Å². The molecular formula is C21H28N4OS. The lowest BCUT2D eigenvalue weighted by Gasteiger charge is -2.25. The van der Waals surface area contributed by atoms with Crippen LogP contribution in [0.15, 0.2) is 35.5 Å². The Bertz CT molecular complexity index is 766. The molecule has 0 bridgehead atoms. The number of amides is 1. The van der Waals surface area contributed by atoms with E-state index in [1.54, 1.807) is 0 Å². The first-order chi connectivity index (χ1) is 13.2. The summed E-state index contributed by atoms with van der Waals surface area (Å²) in [5.41, 5.74) is 1.21. The van der Waals surface area contributed by atoms with Gasteiger partial charge in [0.05, 0.1) is 11.8 Å². The minimum Gasteiger partial charge on any atom is -0.348 e. The Morgan fingerprint density at radius 2 is 1.89 bits per heavy atom. The zero-order valence-corrected chi connectivity index (χ0v) is 16.8. The second-order valence-corrected chi connectivity index (χ2v) is 8.72. The Kier molecular flexibility index (Phi) is 5.81. The fourth-order valence-electron chi connectivity index (χ4n) is 4.12. The Balaban J connectivity index is 1.38. The van der Waals surface area contributed by atoms with E-state index in [9.17, 15) is 4.79 Å². The van der Waals surface area contributed by atoms with Crippen LogP contribution in [0.5, 0.6) is 0 Å². The highest BCUT2D eigenvalue weighted by atomic mass is 32.2. The third-order valence-corrected chi connectivity index (χ3v) is 6.62. The monoisotopic (exact) mass is 384 g/mol. The average molecular weight is 385 g/mol. The molecule has 2 aliphatic rings. The van der Waals surface area contributed by atoms with Gasteiger partial charge in [-0.15, -0.1) is 10.2 Å². The molecule has 27 heavy (non-hydrogen) atoms. The van der Waals surface area contributed by atoms with Crippen molar-refractivity contribution < 1.29 is 4.79 Å². The average Bonchev–Trinajstić information content (AvgIpc) is 3.48. The quantitative estimate of drug-likeness (QED) is 0.717. The largest absolute Gasteiger partial charge is 0.348 e. The maximum Gasteiger partial charge on any atom is 0.230 e. The van der Waals surface area contributed by atoms with E-state index in [1.807, 2.05) is 25.1 Å². The first-order valence-corrected chi connectivity index (χ1v) is 11.1. The maximum absolute atomic E-state index is 12.6. The molecule has 2 aromatic rings. The normalized spacial score (nSPS) is 19.0. The van der Waals surface area contributed by atoms with Crippen molar-refractivity contribution in [2.24, 2.45) is 5.92 Å². The van der Waals surface area contributed by atoms with Crippen LogP contribution < -0.4 is 5.32 Å². The number of hydrogen-bond acceptors (Lipinski definition) is 4. The van der Waals surface area contributed by atoms with Crippen molar-refractivity contribution in [3.05, 3.63) is 41.7 Å². The van der Waals surface area contributed by atoms with Crippen molar-refractivity contribution in [1.29, 1.82) is 0 Å². The van der Waals surface area contributed by atoms with Gasteiger partial charge < -0.3 is 9.88 Å². The number of aromatic nitrogens is 3. The van der Waals surface area contributed by atoms with Crippen molar-refractivity contribution in [2.45, 2.75) is 69.1 Å². The van der Waals surface area contributed by atoms with Crippen molar-refractivity contribution in [1.82, 2.24) is 20.1 Å². The van der Waals surface area contributed by atoms with Gasteiger partial charge in [0.25, 0.3) is 0 Å². The van der Waals surface area contributed by atoms with E-state index in [0.717, 1.165) is 11.0 Å². The molecule has 0 saturated heterocycles. The standard InChI is InChI=1S/C21H28N4OS/c1-15-23-24-21(25(15)18-10-6-3-7-11-18)27-14-19(26)22-20(17-12-13-17)16-8-4-2-5-9-16/h2,4-5,8-9,17-18,20H,3,6-7,10-14H2,1H3,(H,22,26). The third-order valence-electron chi connectivity index (χ3n) is 5.68. The second kappa shape index (κ2) is 8.46. The van der Waals surface area contributed by atoms with Gasteiger partial charge in [-0.25, -0.2) is 0 Å². The van der Waals surface area contributed by atoms with Crippen LogP contribution in [-0.2, 0) is 4.79 Å². The predicted octanol–water partition coefficient (Wildman–Crippen LogP) is 4.45. The predicted molar refractivity (Wildman–Crippen MR) is 108 cm³/mol. The van der Waals surface area contributed by atoms with E-state index in [4.69, 9.17) is 0 Å². The summed E-state index contributed by atoms with van der Waals surface area (Å²) in [5, 5.41) is 12.8. The summed E-state index contributed by atoms with van der Waals surface area (Å²) in [5.74, 6) is 2.01. The van der Waals surface area contributed by atoms with E-state index >= 15 is 0 Å². The third kappa shape index (κ3) is 4.54. The zero-order chi connectivity index (χ0) is 18.6. The smallest absolute Gasteiger partial charge is 0.230 e. The number of benzene rings is 1. The summed E-state index contributed by atoms with van der Waals surface area (Å²) in [4.78, 5) is 12.6. The lowest BCUT2D eigenvalue weighted by molar-refractivity contribution is -0.119. The van der Waals surface area contributed by atoms with Crippen LogP contribution in [-0.4, -0.2) is 26.4 Å². The van der Waals surface area contributed by atoms with Crippen molar-refractivity contribution >= 4 is 17.7 Å². The van der Waals surface area contributed by atoms with Gasteiger partial charge in [0, 0.05) is 6.04 Å². The number of carbonyl (C=O) groups is 1. The van der Waals surface area contributed by atoms with Crippen LogP contribution in [0.4, 0.5) is 0 Å². The lowest BCUT2D eigenvalue weighted by atomic mass is 9.95. The molecule has 0 aliphatic heterocycles. The van der Waals surface area contributed by atoms with Crippen molar-refractivity contribution in [3.8, 4) is 0 Å². The first-order valence-electron chi connectivity index (χ1n) is 10.1. The molecule has 144 valence electrons.